The Labute approximate surface area is 177 Å². The third-order valence-corrected chi connectivity index (χ3v) is 5.12. The van der Waals surface area contributed by atoms with Crippen molar-refractivity contribution in [1.82, 2.24) is 9.88 Å². The summed E-state index contributed by atoms with van der Waals surface area (Å²) < 4.78 is 32.4. The maximum Gasteiger partial charge on any atom is 0.253 e. The summed E-state index contributed by atoms with van der Waals surface area (Å²) in [5.74, 6) is -1.20. The molecule has 6 nitrogen and oxygen atoms in total. The summed E-state index contributed by atoms with van der Waals surface area (Å²) in [6, 6.07) is 9.98. The Morgan fingerprint density at radius 3 is 2.52 bits per heavy atom. The Kier molecular flexibility index (Phi) is 6.06. The Bertz CT molecular complexity index is 1090. The molecule has 1 fully saturated rings. The smallest absolute Gasteiger partial charge is 0.253 e. The molecular weight excluding hydrogens is 404 g/mol. The number of rotatable bonds is 6. The van der Waals surface area contributed by atoms with E-state index in [2.05, 4.69) is 10.3 Å². The lowest BCUT2D eigenvalue weighted by Gasteiger charge is -2.15. The zero-order valence-corrected chi connectivity index (χ0v) is 16.7. The van der Waals surface area contributed by atoms with Gasteiger partial charge >= 0.3 is 0 Å². The van der Waals surface area contributed by atoms with E-state index in [-0.39, 0.29) is 41.9 Å². The lowest BCUT2D eigenvalue weighted by Crippen LogP contribution is -2.27. The van der Waals surface area contributed by atoms with Gasteiger partial charge in [-0.1, -0.05) is 0 Å². The first-order valence-corrected chi connectivity index (χ1v) is 10.1. The monoisotopic (exact) mass is 425 g/mol. The SMILES string of the molecule is O=C(CCc1ncc(-c2ccc(F)cc2F)o1)Nc1ccc(C(=O)N2CCCC2)cc1. The normalized spacial score (nSPS) is 13.4. The number of hydrogen-bond donors (Lipinski definition) is 1. The van der Waals surface area contributed by atoms with Crippen LogP contribution in [0.1, 0.15) is 35.5 Å². The molecule has 2 aromatic carbocycles. The maximum atomic E-state index is 13.9. The van der Waals surface area contributed by atoms with E-state index in [0.29, 0.717) is 11.3 Å². The van der Waals surface area contributed by atoms with Crippen LogP contribution < -0.4 is 5.32 Å². The first kappa shape index (κ1) is 20.7. The zero-order valence-electron chi connectivity index (χ0n) is 16.7. The summed E-state index contributed by atoms with van der Waals surface area (Å²) in [5, 5.41) is 2.77. The summed E-state index contributed by atoms with van der Waals surface area (Å²) >= 11 is 0. The van der Waals surface area contributed by atoms with Gasteiger partial charge in [-0.2, -0.15) is 0 Å². The molecule has 2 heterocycles. The first-order chi connectivity index (χ1) is 15.0. The number of nitrogens with zero attached hydrogens (tertiary/aromatic N) is 2. The number of oxazole rings is 1. The van der Waals surface area contributed by atoms with Gasteiger partial charge in [-0.05, 0) is 49.2 Å². The average molecular weight is 425 g/mol. The predicted molar refractivity (Wildman–Crippen MR) is 110 cm³/mol. The standard InChI is InChI=1S/C23H21F2N3O3/c24-16-5-8-18(19(25)13-16)20-14-26-22(31-20)10-9-21(29)27-17-6-3-15(4-7-17)23(30)28-11-1-2-12-28/h3-8,13-14H,1-2,9-12H2,(H,27,29). The number of anilines is 1. The van der Waals surface area contributed by atoms with Crippen LogP contribution in [0.5, 0.6) is 0 Å². The number of likely N-dealkylation sites (tertiary alicyclic amines) is 1. The van der Waals surface area contributed by atoms with E-state index in [1.165, 1.54) is 12.3 Å². The molecule has 0 aliphatic carbocycles. The number of benzene rings is 2. The van der Waals surface area contributed by atoms with Crippen LogP contribution in [0, 0.1) is 11.6 Å². The van der Waals surface area contributed by atoms with Crippen molar-refractivity contribution in [3.05, 3.63) is 71.8 Å². The molecule has 8 heteroatoms. The topological polar surface area (TPSA) is 75.4 Å². The molecule has 2 amide bonds. The van der Waals surface area contributed by atoms with Gasteiger partial charge in [-0.15, -0.1) is 0 Å². The number of carbonyl (C=O) groups is 2. The second kappa shape index (κ2) is 9.07. The fraction of sp³-hybridized carbons (Fsp3) is 0.261. The van der Waals surface area contributed by atoms with Crippen molar-refractivity contribution in [2.45, 2.75) is 25.7 Å². The molecule has 0 atom stereocenters. The minimum Gasteiger partial charge on any atom is -0.441 e. The van der Waals surface area contributed by atoms with Crippen LogP contribution in [0.2, 0.25) is 0 Å². The Balaban J connectivity index is 1.30. The molecule has 0 spiro atoms. The second-order valence-corrected chi connectivity index (χ2v) is 7.37. The highest BCUT2D eigenvalue weighted by atomic mass is 19.1. The summed E-state index contributed by atoms with van der Waals surface area (Å²) in [4.78, 5) is 30.5. The number of aryl methyl sites for hydroxylation is 1. The van der Waals surface area contributed by atoms with Crippen molar-refractivity contribution in [3.63, 3.8) is 0 Å². The number of hydrogen-bond acceptors (Lipinski definition) is 4. The minimum atomic E-state index is -0.743. The maximum absolute atomic E-state index is 13.9. The number of halogens is 2. The number of aromatic nitrogens is 1. The lowest BCUT2D eigenvalue weighted by atomic mass is 10.1. The van der Waals surface area contributed by atoms with Gasteiger partial charge in [0.1, 0.15) is 11.6 Å². The summed E-state index contributed by atoms with van der Waals surface area (Å²) in [6.45, 7) is 1.57. The fourth-order valence-corrected chi connectivity index (χ4v) is 3.48. The molecule has 0 radical (unpaired) electrons. The lowest BCUT2D eigenvalue weighted by molar-refractivity contribution is -0.116. The second-order valence-electron chi connectivity index (χ2n) is 7.37. The van der Waals surface area contributed by atoms with Crippen LogP contribution in [0.15, 0.2) is 53.1 Å². The van der Waals surface area contributed by atoms with Gasteiger partial charge < -0.3 is 14.6 Å². The van der Waals surface area contributed by atoms with E-state index in [1.54, 1.807) is 24.3 Å². The van der Waals surface area contributed by atoms with E-state index in [1.807, 2.05) is 4.90 Å². The fourth-order valence-electron chi connectivity index (χ4n) is 3.48. The highest BCUT2D eigenvalue weighted by Gasteiger charge is 2.19. The molecule has 1 aromatic heterocycles. The van der Waals surface area contributed by atoms with Crippen molar-refractivity contribution in [1.29, 1.82) is 0 Å². The largest absolute Gasteiger partial charge is 0.441 e. The van der Waals surface area contributed by atoms with Crippen molar-refractivity contribution in [2.75, 3.05) is 18.4 Å². The van der Waals surface area contributed by atoms with Gasteiger partial charge in [-0.25, -0.2) is 13.8 Å². The Hall–Kier alpha value is -3.55. The van der Waals surface area contributed by atoms with Crippen molar-refractivity contribution in [3.8, 4) is 11.3 Å². The van der Waals surface area contributed by atoms with Crippen LogP contribution in [-0.4, -0.2) is 34.8 Å². The number of nitrogens with one attached hydrogen (secondary N) is 1. The molecule has 1 saturated heterocycles. The highest BCUT2D eigenvalue weighted by Crippen LogP contribution is 2.24. The molecular formula is C23H21F2N3O3. The molecule has 0 saturated carbocycles. The van der Waals surface area contributed by atoms with Crippen molar-refractivity contribution >= 4 is 17.5 Å². The molecule has 0 unspecified atom stereocenters. The highest BCUT2D eigenvalue weighted by molar-refractivity contribution is 5.96. The van der Waals surface area contributed by atoms with E-state index >= 15 is 0 Å². The molecule has 31 heavy (non-hydrogen) atoms. The average Bonchev–Trinajstić information content (AvgIpc) is 3.45. The molecule has 3 aromatic rings. The molecule has 0 bridgehead atoms. The van der Waals surface area contributed by atoms with Crippen molar-refractivity contribution < 1.29 is 22.8 Å². The third-order valence-electron chi connectivity index (χ3n) is 5.12. The summed E-state index contributed by atoms with van der Waals surface area (Å²) in [7, 11) is 0. The van der Waals surface area contributed by atoms with E-state index < -0.39 is 11.6 Å². The van der Waals surface area contributed by atoms with Gasteiger partial charge in [0.2, 0.25) is 5.91 Å². The van der Waals surface area contributed by atoms with Gasteiger partial charge in [0.05, 0.1) is 11.8 Å². The molecule has 1 N–H and O–H groups in total. The number of carbonyl (C=O) groups excluding carboxylic acids is 2. The Morgan fingerprint density at radius 1 is 1.06 bits per heavy atom. The van der Waals surface area contributed by atoms with Crippen LogP contribution in [0.25, 0.3) is 11.3 Å². The summed E-state index contributed by atoms with van der Waals surface area (Å²) in [5.41, 5.74) is 1.29. The quantitative estimate of drug-likeness (QED) is 0.634. The van der Waals surface area contributed by atoms with Gasteiger partial charge in [0, 0.05) is 43.2 Å². The Morgan fingerprint density at radius 2 is 1.81 bits per heavy atom. The van der Waals surface area contributed by atoms with E-state index in [9.17, 15) is 18.4 Å². The van der Waals surface area contributed by atoms with E-state index in [0.717, 1.165) is 38.1 Å². The van der Waals surface area contributed by atoms with Crippen LogP contribution in [0.4, 0.5) is 14.5 Å². The molecule has 1 aliphatic rings. The van der Waals surface area contributed by atoms with Crippen molar-refractivity contribution in [2.24, 2.45) is 0 Å². The predicted octanol–water partition coefficient (Wildman–Crippen LogP) is 4.43. The molecule has 160 valence electrons. The first-order valence-electron chi connectivity index (χ1n) is 10.1. The van der Waals surface area contributed by atoms with Gasteiger partial charge in [0.15, 0.2) is 11.7 Å². The molecule has 4 rings (SSSR count). The van der Waals surface area contributed by atoms with Crippen LogP contribution >= 0.6 is 0 Å². The van der Waals surface area contributed by atoms with Crippen LogP contribution in [-0.2, 0) is 11.2 Å². The molecule has 1 aliphatic heterocycles. The van der Waals surface area contributed by atoms with Gasteiger partial charge in [-0.3, -0.25) is 9.59 Å². The van der Waals surface area contributed by atoms with Gasteiger partial charge in [0.25, 0.3) is 5.91 Å². The third kappa shape index (κ3) is 4.96. The number of amides is 2. The minimum absolute atomic E-state index is 0.00710. The zero-order chi connectivity index (χ0) is 21.8. The summed E-state index contributed by atoms with van der Waals surface area (Å²) in [6.07, 6.45) is 3.75. The van der Waals surface area contributed by atoms with E-state index in [4.69, 9.17) is 4.42 Å². The van der Waals surface area contributed by atoms with Crippen LogP contribution in [0.3, 0.4) is 0 Å².